The number of hydrogen-bond acceptors (Lipinski definition) is 4. The quantitative estimate of drug-likeness (QED) is 0.523. The van der Waals surface area contributed by atoms with Crippen LogP contribution < -0.4 is 20.9 Å². The van der Waals surface area contributed by atoms with E-state index in [0.29, 0.717) is 29.9 Å². The first kappa shape index (κ1) is 20.3. The molecule has 29 heavy (non-hydrogen) atoms. The third kappa shape index (κ3) is 5.08. The molecule has 0 bridgehead atoms. The summed E-state index contributed by atoms with van der Waals surface area (Å²) >= 11 is 0. The summed E-state index contributed by atoms with van der Waals surface area (Å²) < 4.78 is 6.88. The van der Waals surface area contributed by atoms with E-state index in [2.05, 4.69) is 11.6 Å². The van der Waals surface area contributed by atoms with E-state index in [9.17, 15) is 9.59 Å². The highest BCUT2D eigenvalue weighted by molar-refractivity contribution is 5.78. The molecule has 2 aromatic carbocycles. The lowest BCUT2D eigenvalue weighted by Gasteiger charge is -2.17. The Labute approximate surface area is 169 Å². The summed E-state index contributed by atoms with van der Waals surface area (Å²) in [6, 6.07) is 15.0. The van der Waals surface area contributed by atoms with E-state index in [1.807, 2.05) is 37.4 Å². The van der Waals surface area contributed by atoms with Gasteiger partial charge in [-0.25, -0.2) is 4.98 Å². The molecule has 7 heteroatoms. The van der Waals surface area contributed by atoms with Gasteiger partial charge in [0.1, 0.15) is 32.0 Å². The molecule has 1 aromatic heterocycles. The van der Waals surface area contributed by atoms with Crippen LogP contribution in [-0.4, -0.2) is 29.1 Å². The third-order valence-corrected chi connectivity index (χ3v) is 4.51. The van der Waals surface area contributed by atoms with Gasteiger partial charge in [-0.15, -0.1) is 0 Å². The van der Waals surface area contributed by atoms with Crippen LogP contribution in [-0.2, 0) is 24.4 Å². The minimum atomic E-state index is -0.571. The second-order valence-electron chi connectivity index (χ2n) is 6.96. The van der Waals surface area contributed by atoms with Crippen molar-refractivity contribution in [3.8, 4) is 5.75 Å². The Kier molecular flexibility index (Phi) is 6.41. The van der Waals surface area contributed by atoms with Gasteiger partial charge >= 0.3 is 0 Å². The van der Waals surface area contributed by atoms with E-state index in [-0.39, 0.29) is 12.1 Å². The second kappa shape index (κ2) is 9.16. The molecule has 0 spiro atoms. The minimum Gasteiger partial charge on any atom is -0.490 e. The number of hydrogen-bond donors (Lipinski definition) is 2. The highest BCUT2D eigenvalue weighted by Gasteiger charge is 2.16. The van der Waals surface area contributed by atoms with Gasteiger partial charge in [-0.05, 0) is 36.4 Å². The molecule has 0 fully saturated rings. The summed E-state index contributed by atoms with van der Waals surface area (Å²) in [5.41, 5.74) is 6.85. The van der Waals surface area contributed by atoms with E-state index < -0.39 is 5.91 Å². The monoisotopic (exact) mass is 393 g/mol. The molecule has 1 unspecified atom stereocenters. The van der Waals surface area contributed by atoms with Crippen LogP contribution in [0.25, 0.3) is 10.9 Å². The average Bonchev–Trinajstić information content (AvgIpc) is 2.70. The minimum absolute atomic E-state index is 0.186. The van der Waals surface area contributed by atoms with Gasteiger partial charge in [-0.3, -0.25) is 14.2 Å². The smallest absolute Gasteiger partial charge is 0.262 e. The van der Waals surface area contributed by atoms with Crippen molar-refractivity contribution in [3.63, 3.8) is 0 Å². The zero-order valence-corrected chi connectivity index (χ0v) is 16.4. The first-order chi connectivity index (χ1) is 14.0. The number of carbonyl (C=O) groups is 1. The molecule has 7 nitrogen and oxygen atoms in total. The lowest BCUT2D eigenvalue weighted by atomic mass is 10.2. The summed E-state index contributed by atoms with van der Waals surface area (Å²) in [5.74, 6) is 0.756. The van der Waals surface area contributed by atoms with E-state index in [4.69, 9.17) is 10.5 Å². The Morgan fingerprint density at radius 1 is 1.21 bits per heavy atom. The lowest BCUT2D eigenvalue weighted by molar-refractivity contribution is -0.908. The first-order valence-corrected chi connectivity index (χ1v) is 9.38. The van der Waals surface area contributed by atoms with Crippen molar-refractivity contribution in [1.82, 2.24) is 9.55 Å². The summed E-state index contributed by atoms with van der Waals surface area (Å²) in [4.78, 5) is 30.1. The first-order valence-electron chi connectivity index (χ1n) is 9.38. The zero-order valence-electron chi connectivity index (χ0n) is 16.4. The number of quaternary nitrogens is 1. The fourth-order valence-electron chi connectivity index (χ4n) is 3.21. The highest BCUT2D eigenvalue weighted by atomic mass is 16.5. The normalized spacial score (nSPS) is 11.9. The van der Waals surface area contributed by atoms with Gasteiger partial charge in [0.15, 0.2) is 5.82 Å². The van der Waals surface area contributed by atoms with Crippen molar-refractivity contribution < 1.29 is 14.4 Å². The number of aromatic nitrogens is 2. The Bertz CT molecular complexity index is 1070. The Morgan fingerprint density at radius 3 is 2.62 bits per heavy atom. The molecule has 1 atom stereocenters. The summed E-state index contributed by atoms with van der Waals surface area (Å²) in [7, 11) is 2.01. The molecule has 1 heterocycles. The van der Waals surface area contributed by atoms with E-state index in [1.54, 1.807) is 24.3 Å². The largest absolute Gasteiger partial charge is 0.490 e. The summed E-state index contributed by atoms with van der Waals surface area (Å²) in [5, 5.41) is 0.477. The molecular formula is C22H25N4O3+. The predicted octanol–water partition coefficient (Wildman–Crippen LogP) is 0.662. The van der Waals surface area contributed by atoms with Crippen molar-refractivity contribution in [2.24, 2.45) is 5.73 Å². The van der Waals surface area contributed by atoms with Crippen LogP contribution in [0.2, 0.25) is 0 Å². The van der Waals surface area contributed by atoms with Gasteiger partial charge in [0.05, 0.1) is 18.0 Å². The predicted molar refractivity (Wildman–Crippen MR) is 112 cm³/mol. The number of nitrogens with zero attached hydrogens (tertiary/aromatic N) is 2. The van der Waals surface area contributed by atoms with E-state index in [1.165, 1.54) is 4.57 Å². The number of nitrogens with one attached hydrogen (secondary N) is 1. The molecule has 3 aromatic rings. The molecule has 1 amide bonds. The fraction of sp³-hybridized carbons (Fsp3) is 0.227. The van der Waals surface area contributed by atoms with Crippen LogP contribution in [0.3, 0.4) is 0 Å². The highest BCUT2D eigenvalue weighted by Crippen LogP contribution is 2.12. The van der Waals surface area contributed by atoms with Gasteiger partial charge < -0.3 is 15.4 Å². The number of para-hydroxylation sites is 1. The van der Waals surface area contributed by atoms with Crippen molar-refractivity contribution in [2.45, 2.75) is 19.6 Å². The van der Waals surface area contributed by atoms with E-state index in [0.717, 1.165) is 22.8 Å². The second-order valence-corrected chi connectivity index (χ2v) is 6.96. The van der Waals surface area contributed by atoms with Crippen LogP contribution in [0, 0.1) is 0 Å². The summed E-state index contributed by atoms with van der Waals surface area (Å²) in [6.45, 7) is 5.11. The number of ether oxygens (including phenoxy) is 1. The maximum Gasteiger partial charge on any atom is 0.262 e. The Hall–Kier alpha value is -3.45. The topological polar surface area (TPSA) is 91.7 Å². The number of carbonyl (C=O) groups excluding carboxylic acids is 1. The third-order valence-electron chi connectivity index (χ3n) is 4.51. The number of fused-ring (bicyclic) bond motifs is 1. The molecule has 0 aliphatic carbocycles. The van der Waals surface area contributed by atoms with Crippen LogP contribution in [0.5, 0.6) is 5.75 Å². The van der Waals surface area contributed by atoms with Gasteiger partial charge in [-0.1, -0.05) is 24.8 Å². The number of rotatable bonds is 9. The maximum absolute atomic E-state index is 12.8. The average molecular weight is 393 g/mol. The fourth-order valence-corrected chi connectivity index (χ4v) is 3.21. The van der Waals surface area contributed by atoms with Crippen LogP contribution in [0.1, 0.15) is 11.4 Å². The number of benzene rings is 2. The number of nitrogens with two attached hydrogens (primary N) is 1. The number of amides is 1. The van der Waals surface area contributed by atoms with Crippen molar-refractivity contribution in [1.29, 1.82) is 0 Å². The van der Waals surface area contributed by atoms with Crippen LogP contribution in [0.4, 0.5) is 0 Å². The molecule has 150 valence electrons. The molecule has 3 N–H and O–H groups in total. The molecule has 0 aliphatic rings. The molecular weight excluding hydrogens is 368 g/mol. The molecule has 3 rings (SSSR count). The Balaban J connectivity index is 1.81. The number of primary amides is 1. The zero-order chi connectivity index (χ0) is 20.8. The Morgan fingerprint density at radius 2 is 1.93 bits per heavy atom. The SMILES string of the molecule is C=CCOc1ccc(C[NH+](C)Cc2nc3ccccc3c(=O)n2CC(N)=O)cc1. The standard InChI is InChI=1S/C22H24N4O3/c1-3-12-29-17-10-8-16(9-11-17)13-25(2)15-21-24-19-7-5-4-6-18(19)22(28)26(21)14-20(23)27/h3-11H,1,12-15H2,2H3,(H2,23,27)/p+1. The molecule has 0 aliphatic heterocycles. The maximum atomic E-state index is 12.8. The summed E-state index contributed by atoms with van der Waals surface area (Å²) in [6.07, 6.45) is 1.70. The van der Waals surface area contributed by atoms with Gasteiger partial charge in [0.25, 0.3) is 5.56 Å². The lowest BCUT2D eigenvalue weighted by Crippen LogP contribution is -3.06. The van der Waals surface area contributed by atoms with Crippen molar-refractivity contribution in [3.05, 3.63) is 82.9 Å². The van der Waals surface area contributed by atoms with Crippen molar-refractivity contribution >= 4 is 16.8 Å². The van der Waals surface area contributed by atoms with Gasteiger partial charge in [-0.2, -0.15) is 0 Å². The van der Waals surface area contributed by atoms with Crippen molar-refractivity contribution in [2.75, 3.05) is 13.7 Å². The van der Waals surface area contributed by atoms with Gasteiger partial charge in [0.2, 0.25) is 5.91 Å². The van der Waals surface area contributed by atoms with E-state index >= 15 is 0 Å². The molecule has 0 saturated heterocycles. The van der Waals surface area contributed by atoms with Crippen LogP contribution >= 0.6 is 0 Å². The molecule has 0 radical (unpaired) electrons. The van der Waals surface area contributed by atoms with Crippen LogP contribution in [0.15, 0.2) is 66.0 Å². The van der Waals surface area contributed by atoms with Gasteiger partial charge in [0, 0.05) is 5.56 Å². The molecule has 0 saturated carbocycles.